The number of rotatable bonds is 1. The molecule has 1 aromatic carbocycles. The molecule has 1 heterocycles. The van der Waals surface area contributed by atoms with Gasteiger partial charge in [-0.25, -0.2) is 0 Å². The molecule has 3 heteroatoms. The maximum absolute atomic E-state index is 6.10. The third-order valence-electron chi connectivity index (χ3n) is 2.10. The van der Waals surface area contributed by atoms with Gasteiger partial charge < -0.3 is 4.57 Å². The molecule has 0 saturated heterocycles. The molecule has 0 amide bonds. The van der Waals surface area contributed by atoms with Gasteiger partial charge in [-0.05, 0) is 18.2 Å². The maximum atomic E-state index is 6.10. The SMILES string of the molecule is Cn1[c]ccc1-c1cccc(Cl)c1Cl. The first-order chi connectivity index (χ1) is 6.70. The van der Waals surface area contributed by atoms with Crippen LogP contribution in [0.15, 0.2) is 30.3 Å². The van der Waals surface area contributed by atoms with E-state index in [9.17, 15) is 0 Å². The van der Waals surface area contributed by atoms with Gasteiger partial charge in [-0.3, -0.25) is 0 Å². The van der Waals surface area contributed by atoms with Crippen LogP contribution in [0.25, 0.3) is 11.3 Å². The molecular formula is C11H8Cl2N. The van der Waals surface area contributed by atoms with Crippen molar-refractivity contribution >= 4 is 23.2 Å². The maximum Gasteiger partial charge on any atom is 0.0685 e. The first-order valence-electron chi connectivity index (χ1n) is 4.18. The van der Waals surface area contributed by atoms with Crippen molar-refractivity contribution in [1.29, 1.82) is 0 Å². The summed E-state index contributed by atoms with van der Waals surface area (Å²) in [7, 11) is 1.92. The molecule has 71 valence electrons. The fourth-order valence-electron chi connectivity index (χ4n) is 1.38. The Hall–Kier alpha value is -0.920. The van der Waals surface area contributed by atoms with Crippen molar-refractivity contribution in [3.8, 4) is 11.3 Å². The van der Waals surface area contributed by atoms with Crippen LogP contribution in [0.5, 0.6) is 0 Å². The van der Waals surface area contributed by atoms with Gasteiger partial charge in [0.2, 0.25) is 0 Å². The van der Waals surface area contributed by atoms with Crippen molar-refractivity contribution in [2.45, 2.75) is 0 Å². The smallest absolute Gasteiger partial charge is 0.0685 e. The third-order valence-corrected chi connectivity index (χ3v) is 2.92. The highest BCUT2D eigenvalue weighted by Crippen LogP contribution is 2.32. The van der Waals surface area contributed by atoms with Crippen LogP contribution in [0.4, 0.5) is 0 Å². The second kappa shape index (κ2) is 3.68. The molecule has 0 aliphatic heterocycles. The Kier molecular flexibility index (Phi) is 2.53. The molecule has 0 fully saturated rings. The zero-order chi connectivity index (χ0) is 10.1. The zero-order valence-electron chi connectivity index (χ0n) is 7.59. The summed E-state index contributed by atoms with van der Waals surface area (Å²) >= 11 is 12.0. The Morgan fingerprint density at radius 1 is 1.21 bits per heavy atom. The molecule has 14 heavy (non-hydrogen) atoms. The minimum atomic E-state index is 0.574. The molecule has 2 aromatic rings. The number of aromatic nitrogens is 1. The van der Waals surface area contributed by atoms with Gasteiger partial charge in [0.05, 0.1) is 16.2 Å². The van der Waals surface area contributed by atoms with Crippen LogP contribution in [0.1, 0.15) is 0 Å². The summed E-state index contributed by atoms with van der Waals surface area (Å²) in [5, 5.41) is 1.16. The number of benzene rings is 1. The molecule has 1 aromatic heterocycles. The van der Waals surface area contributed by atoms with E-state index in [4.69, 9.17) is 23.2 Å². The molecule has 1 radical (unpaired) electrons. The fourth-order valence-corrected chi connectivity index (χ4v) is 1.78. The number of hydrogen-bond donors (Lipinski definition) is 0. The standard InChI is InChI=1S/C11H8Cl2N/c1-14-7-3-6-10(14)8-4-2-5-9(12)11(8)13/h2-6H,1H3. The topological polar surface area (TPSA) is 4.93 Å². The molecule has 0 aliphatic rings. The van der Waals surface area contributed by atoms with Gasteiger partial charge >= 0.3 is 0 Å². The van der Waals surface area contributed by atoms with Crippen molar-refractivity contribution < 1.29 is 0 Å². The summed E-state index contributed by atoms with van der Waals surface area (Å²) in [4.78, 5) is 0. The summed E-state index contributed by atoms with van der Waals surface area (Å²) in [6.07, 6.45) is 3.03. The van der Waals surface area contributed by atoms with Gasteiger partial charge in [-0.2, -0.15) is 0 Å². The first kappa shape index (κ1) is 9.63. The Labute approximate surface area is 92.9 Å². The molecule has 0 saturated carbocycles. The largest absolute Gasteiger partial charge is 0.342 e. The van der Waals surface area contributed by atoms with Crippen molar-refractivity contribution in [3.05, 3.63) is 46.6 Å². The first-order valence-corrected chi connectivity index (χ1v) is 4.93. The predicted molar refractivity (Wildman–Crippen MR) is 59.7 cm³/mol. The van der Waals surface area contributed by atoms with E-state index in [2.05, 4.69) is 6.20 Å². The number of halogens is 2. The Bertz CT molecular complexity index is 460. The highest BCUT2D eigenvalue weighted by molar-refractivity contribution is 6.43. The molecule has 1 nitrogen and oxygen atoms in total. The van der Waals surface area contributed by atoms with Crippen molar-refractivity contribution in [1.82, 2.24) is 4.57 Å². The van der Waals surface area contributed by atoms with E-state index in [-0.39, 0.29) is 0 Å². The fraction of sp³-hybridized carbons (Fsp3) is 0.0909. The van der Waals surface area contributed by atoms with Gasteiger partial charge in [0.15, 0.2) is 0 Å². The molecule has 0 bridgehead atoms. The van der Waals surface area contributed by atoms with Gasteiger partial charge in [-0.1, -0.05) is 35.3 Å². The lowest BCUT2D eigenvalue weighted by atomic mass is 10.1. The summed E-state index contributed by atoms with van der Waals surface area (Å²) < 4.78 is 1.89. The van der Waals surface area contributed by atoms with Crippen LogP contribution in [0, 0.1) is 6.20 Å². The second-order valence-electron chi connectivity index (χ2n) is 3.01. The van der Waals surface area contributed by atoms with E-state index in [1.54, 1.807) is 6.07 Å². The average molecular weight is 225 g/mol. The lowest BCUT2D eigenvalue weighted by Crippen LogP contribution is -1.90. The molecule has 0 unspecified atom stereocenters. The van der Waals surface area contributed by atoms with Crippen LogP contribution < -0.4 is 0 Å². The van der Waals surface area contributed by atoms with Crippen molar-refractivity contribution in [2.24, 2.45) is 7.05 Å². The Morgan fingerprint density at radius 3 is 2.64 bits per heavy atom. The van der Waals surface area contributed by atoms with E-state index in [1.807, 2.05) is 35.9 Å². The highest BCUT2D eigenvalue weighted by Gasteiger charge is 2.08. The van der Waals surface area contributed by atoms with E-state index in [1.165, 1.54) is 0 Å². The molecular weight excluding hydrogens is 217 g/mol. The lowest BCUT2D eigenvalue weighted by molar-refractivity contribution is 0.928. The Morgan fingerprint density at radius 2 is 2.00 bits per heavy atom. The molecule has 2 rings (SSSR count). The zero-order valence-corrected chi connectivity index (χ0v) is 9.10. The predicted octanol–water partition coefficient (Wildman–Crippen LogP) is 3.80. The summed E-state index contributed by atoms with van der Waals surface area (Å²) in [6.45, 7) is 0. The third kappa shape index (κ3) is 1.54. The minimum Gasteiger partial charge on any atom is -0.342 e. The van der Waals surface area contributed by atoms with Crippen molar-refractivity contribution in [2.75, 3.05) is 0 Å². The van der Waals surface area contributed by atoms with Crippen LogP contribution in [0.2, 0.25) is 10.0 Å². The highest BCUT2D eigenvalue weighted by atomic mass is 35.5. The van der Waals surface area contributed by atoms with Crippen LogP contribution in [-0.2, 0) is 7.05 Å². The molecule has 0 aliphatic carbocycles. The quantitative estimate of drug-likeness (QED) is 0.695. The molecule has 0 spiro atoms. The van der Waals surface area contributed by atoms with E-state index < -0.39 is 0 Å². The second-order valence-corrected chi connectivity index (χ2v) is 3.79. The van der Waals surface area contributed by atoms with E-state index >= 15 is 0 Å². The summed E-state index contributed by atoms with van der Waals surface area (Å²) in [5.41, 5.74) is 1.94. The minimum absolute atomic E-state index is 0.574. The summed E-state index contributed by atoms with van der Waals surface area (Å²) in [5.74, 6) is 0. The van der Waals surface area contributed by atoms with Gasteiger partial charge in [0.1, 0.15) is 0 Å². The monoisotopic (exact) mass is 224 g/mol. The van der Waals surface area contributed by atoms with E-state index in [0.29, 0.717) is 10.0 Å². The number of aryl methyl sites for hydroxylation is 1. The van der Waals surface area contributed by atoms with Gasteiger partial charge in [0, 0.05) is 18.3 Å². The Balaban J connectivity index is 2.63. The van der Waals surface area contributed by atoms with Crippen molar-refractivity contribution in [3.63, 3.8) is 0 Å². The van der Waals surface area contributed by atoms with Gasteiger partial charge in [0.25, 0.3) is 0 Å². The van der Waals surface area contributed by atoms with E-state index in [0.717, 1.165) is 11.3 Å². The normalized spacial score (nSPS) is 10.5. The van der Waals surface area contributed by atoms with Crippen LogP contribution >= 0.6 is 23.2 Å². The summed E-state index contributed by atoms with van der Waals surface area (Å²) in [6, 6.07) is 9.41. The van der Waals surface area contributed by atoms with Crippen LogP contribution in [-0.4, -0.2) is 4.57 Å². The number of nitrogens with zero attached hydrogens (tertiary/aromatic N) is 1. The molecule has 0 atom stereocenters. The lowest BCUT2D eigenvalue weighted by Gasteiger charge is -2.06. The van der Waals surface area contributed by atoms with Gasteiger partial charge in [-0.15, -0.1) is 0 Å². The van der Waals surface area contributed by atoms with Crippen LogP contribution in [0.3, 0.4) is 0 Å². The molecule has 0 N–H and O–H groups in total. The average Bonchev–Trinajstić information content (AvgIpc) is 2.57. The number of hydrogen-bond acceptors (Lipinski definition) is 0.